The molecule has 0 spiro atoms. The molecule has 0 bridgehead atoms. The van der Waals surface area contributed by atoms with E-state index < -0.39 is 5.41 Å². The van der Waals surface area contributed by atoms with E-state index >= 15 is 0 Å². The number of hydrogen-bond donors (Lipinski definition) is 0. The van der Waals surface area contributed by atoms with Crippen LogP contribution in [0.5, 0.6) is 0 Å². The fourth-order valence-electron chi connectivity index (χ4n) is 10.1. The third kappa shape index (κ3) is 6.10. The van der Waals surface area contributed by atoms with E-state index in [1.807, 2.05) is 12.1 Å². The molecule has 0 amide bonds. The van der Waals surface area contributed by atoms with Gasteiger partial charge >= 0.3 is 0 Å². The highest BCUT2D eigenvalue weighted by molar-refractivity contribution is 6.05. The van der Waals surface area contributed by atoms with Gasteiger partial charge in [0, 0.05) is 16.7 Å². The molecule has 2 heteroatoms. The van der Waals surface area contributed by atoms with Gasteiger partial charge in [0.1, 0.15) is 0 Å². The van der Waals surface area contributed by atoms with Crippen LogP contribution in [-0.4, -0.2) is 9.97 Å². The predicted octanol–water partition coefficient (Wildman–Crippen LogP) is 15.5. The maximum Gasteiger partial charge on any atom is 0.161 e. The topological polar surface area (TPSA) is 25.8 Å². The van der Waals surface area contributed by atoms with E-state index in [1.54, 1.807) is 0 Å². The molecule has 0 N–H and O–H groups in total. The summed E-state index contributed by atoms with van der Waals surface area (Å²) in [7, 11) is 0. The van der Waals surface area contributed by atoms with E-state index in [4.69, 9.17) is 9.97 Å². The first-order valence-corrected chi connectivity index (χ1v) is 21.6. The predicted molar refractivity (Wildman–Crippen MR) is 262 cm³/mol. The number of nitrogens with zero attached hydrogens (tertiary/aromatic N) is 2. The van der Waals surface area contributed by atoms with Gasteiger partial charge in [0.15, 0.2) is 5.82 Å². The van der Waals surface area contributed by atoms with Gasteiger partial charge in [-0.1, -0.05) is 206 Å². The van der Waals surface area contributed by atoms with Crippen molar-refractivity contribution in [1.82, 2.24) is 9.97 Å². The maximum atomic E-state index is 5.20. The summed E-state index contributed by atoms with van der Waals surface area (Å²) in [5, 5.41) is 4.77. The van der Waals surface area contributed by atoms with Crippen LogP contribution >= 0.6 is 0 Å². The zero-order valence-corrected chi connectivity index (χ0v) is 34.5. The van der Waals surface area contributed by atoms with Crippen LogP contribution in [0.2, 0.25) is 0 Å². The standard InChI is InChI=1S/C61H40N2/c1-5-18-41(19-6-1)58-40-59(42-20-7-2-8-21-42)63-60(62-58)53-34-33-50(51-30-15-16-31-52(51)53)47-25-17-24-43(36-47)46-32-35-56-54(38-46)55-37-44-22-13-14-23-45(44)39-57(55)61(56,48-26-9-3-10-27-48)49-28-11-4-12-29-49/h1-40H. The molecular formula is C61H40N2. The summed E-state index contributed by atoms with van der Waals surface area (Å²) in [4.78, 5) is 10.4. The van der Waals surface area contributed by atoms with Gasteiger partial charge in [-0.15, -0.1) is 0 Å². The lowest BCUT2D eigenvalue weighted by molar-refractivity contribution is 0.769. The summed E-state index contributed by atoms with van der Waals surface area (Å²) < 4.78 is 0. The van der Waals surface area contributed by atoms with E-state index in [2.05, 4.69) is 231 Å². The third-order valence-corrected chi connectivity index (χ3v) is 13.0. The third-order valence-electron chi connectivity index (χ3n) is 13.0. The molecule has 11 aromatic rings. The highest BCUT2D eigenvalue weighted by Crippen LogP contribution is 2.57. The molecule has 63 heavy (non-hydrogen) atoms. The van der Waals surface area contributed by atoms with Crippen molar-refractivity contribution in [1.29, 1.82) is 0 Å². The van der Waals surface area contributed by atoms with Gasteiger partial charge < -0.3 is 0 Å². The van der Waals surface area contributed by atoms with Crippen LogP contribution in [0.25, 0.3) is 88.8 Å². The Morgan fingerprint density at radius 2 is 0.746 bits per heavy atom. The van der Waals surface area contributed by atoms with Gasteiger partial charge in [-0.3, -0.25) is 0 Å². The van der Waals surface area contributed by atoms with Crippen molar-refractivity contribution in [3.8, 4) is 67.3 Å². The van der Waals surface area contributed by atoms with E-state index in [9.17, 15) is 0 Å². The molecule has 12 rings (SSSR count). The van der Waals surface area contributed by atoms with E-state index in [-0.39, 0.29) is 0 Å². The van der Waals surface area contributed by atoms with Crippen molar-refractivity contribution < 1.29 is 0 Å². The molecule has 0 unspecified atom stereocenters. The van der Waals surface area contributed by atoms with Gasteiger partial charge in [0.25, 0.3) is 0 Å². The van der Waals surface area contributed by atoms with Crippen LogP contribution in [0.15, 0.2) is 243 Å². The summed E-state index contributed by atoms with van der Waals surface area (Å²) >= 11 is 0. The normalized spacial score (nSPS) is 12.6. The van der Waals surface area contributed by atoms with Crippen molar-refractivity contribution >= 4 is 21.5 Å². The summed E-state index contributed by atoms with van der Waals surface area (Å²) in [6.45, 7) is 0. The molecular weight excluding hydrogens is 761 g/mol. The van der Waals surface area contributed by atoms with Crippen LogP contribution in [0.1, 0.15) is 22.3 Å². The number of fused-ring (bicyclic) bond motifs is 5. The Labute approximate surface area is 367 Å². The molecule has 1 aliphatic rings. The Hall–Kier alpha value is -8.20. The lowest BCUT2D eigenvalue weighted by atomic mass is 9.67. The molecule has 0 fully saturated rings. The number of aromatic nitrogens is 2. The fraction of sp³-hybridized carbons (Fsp3) is 0.0164. The number of hydrogen-bond acceptors (Lipinski definition) is 2. The molecule has 0 saturated heterocycles. The Balaban J connectivity index is 1.00. The Bertz CT molecular complexity index is 3390. The average molecular weight is 801 g/mol. The largest absolute Gasteiger partial charge is 0.228 e. The van der Waals surface area contributed by atoms with Crippen molar-refractivity contribution in [3.63, 3.8) is 0 Å². The van der Waals surface area contributed by atoms with Crippen LogP contribution < -0.4 is 0 Å². The Morgan fingerprint density at radius 3 is 1.38 bits per heavy atom. The zero-order chi connectivity index (χ0) is 41.7. The smallest absolute Gasteiger partial charge is 0.161 e. The Kier molecular flexibility index (Phi) is 8.76. The van der Waals surface area contributed by atoms with Gasteiger partial charge in [-0.25, -0.2) is 9.97 Å². The minimum absolute atomic E-state index is 0.468. The summed E-state index contributed by atoms with van der Waals surface area (Å²) in [6, 6.07) is 87.8. The van der Waals surface area contributed by atoms with Crippen LogP contribution in [-0.2, 0) is 5.41 Å². The highest BCUT2D eigenvalue weighted by Gasteiger charge is 2.46. The molecule has 1 heterocycles. The first kappa shape index (κ1) is 36.6. The molecule has 1 aromatic heterocycles. The van der Waals surface area contributed by atoms with Crippen molar-refractivity contribution in [2.45, 2.75) is 5.41 Å². The average Bonchev–Trinajstić information content (AvgIpc) is 3.65. The van der Waals surface area contributed by atoms with Crippen molar-refractivity contribution in [2.75, 3.05) is 0 Å². The lowest BCUT2D eigenvalue weighted by Gasteiger charge is -2.34. The number of benzene rings is 10. The van der Waals surface area contributed by atoms with Gasteiger partial charge in [-0.2, -0.15) is 0 Å². The Morgan fingerprint density at radius 1 is 0.270 bits per heavy atom. The molecule has 10 aromatic carbocycles. The monoisotopic (exact) mass is 800 g/mol. The van der Waals surface area contributed by atoms with Crippen LogP contribution in [0, 0.1) is 0 Å². The summed E-state index contributed by atoms with van der Waals surface area (Å²) in [5.74, 6) is 0.708. The first-order valence-electron chi connectivity index (χ1n) is 21.6. The number of rotatable bonds is 7. The second-order valence-electron chi connectivity index (χ2n) is 16.5. The quantitative estimate of drug-likeness (QED) is 0.160. The summed E-state index contributed by atoms with van der Waals surface area (Å²) in [5.41, 5.74) is 16.9. The van der Waals surface area contributed by atoms with Crippen molar-refractivity contribution in [2.24, 2.45) is 0 Å². The summed E-state index contributed by atoms with van der Waals surface area (Å²) in [6.07, 6.45) is 0. The molecule has 0 radical (unpaired) electrons. The maximum absolute atomic E-state index is 5.20. The molecule has 0 saturated carbocycles. The molecule has 2 nitrogen and oxygen atoms in total. The molecule has 294 valence electrons. The minimum atomic E-state index is -0.468. The van der Waals surface area contributed by atoms with Crippen LogP contribution in [0.4, 0.5) is 0 Å². The van der Waals surface area contributed by atoms with Crippen LogP contribution in [0.3, 0.4) is 0 Å². The fourth-order valence-corrected chi connectivity index (χ4v) is 10.1. The van der Waals surface area contributed by atoms with Gasteiger partial charge in [-0.05, 0) is 114 Å². The minimum Gasteiger partial charge on any atom is -0.228 e. The van der Waals surface area contributed by atoms with Gasteiger partial charge in [0.05, 0.1) is 16.8 Å². The van der Waals surface area contributed by atoms with Crippen molar-refractivity contribution in [3.05, 3.63) is 265 Å². The zero-order valence-electron chi connectivity index (χ0n) is 34.5. The SMILES string of the molecule is c1ccc(-c2cc(-c3ccccc3)nc(-c3ccc(-c4cccc(-c5ccc6c(c5)-c5cc7ccccc7cc5C6(c5ccccc5)c5ccccc5)c4)c4ccccc34)n2)cc1. The molecule has 1 aliphatic carbocycles. The van der Waals surface area contributed by atoms with E-state index in [0.29, 0.717) is 5.82 Å². The van der Waals surface area contributed by atoms with E-state index in [0.717, 1.165) is 44.4 Å². The molecule has 0 aliphatic heterocycles. The van der Waals surface area contributed by atoms with E-state index in [1.165, 1.54) is 60.8 Å². The lowest BCUT2D eigenvalue weighted by Crippen LogP contribution is -2.28. The molecule has 0 atom stereocenters. The second kappa shape index (κ2) is 15.1. The first-order chi connectivity index (χ1) is 31.2. The second-order valence-corrected chi connectivity index (χ2v) is 16.5. The van der Waals surface area contributed by atoms with Gasteiger partial charge in [0.2, 0.25) is 0 Å². The highest BCUT2D eigenvalue weighted by atomic mass is 14.9.